The van der Waals surface area contributed by atoms with Crippen molar-refractivity contribution in [2.45, 2.75) is 32.9 Å². The molecule has 2 N–H and O–H groups in total. The van der Waals surface area contributed by atoms with Gasteiger partial charge in [-0.15, -0.1) is 11.3 Å². The van der Waals surface area contributed by atoms with Crippen LogP contribution in [0.4, 0.5) is 10.5 Å². The van der Waals surface area contributed by atoms with Crippen LogP contribution in [-0.4, -0.2) is 35.7 Å². The van der Waals surface area contributed by atoms with E-state index in [1.807, 2.05) is 30.4 Å². The van der Waals surface area contributed by atoms with Crippen molar-refractivity contribution in [3.05, 3.63) is 63.8 Å². The highest BCUT2D eigenvalue weighted by atomic mass is 35.5. The highest BCUT2D eigenvalue weighted by Crippen LogP contribution is 2.39. The number of nitrogens with zero attached hydrogens (tertiary/aromatic N) is 2. The van der Waals surface area contributed by atoms with E-state index in [-0.39, 0.29) is 12.1 Å². The molecule has 3 aromatic rings. The van der Waals surface area contributed by atoms with Gasteiger partial charge in [0.25, 0.3) is 0 Å². The van der Waals surface area contributed by atoms with Gasteiger partial charge in [0.05, 0.1) is 18.8 Å². The predicted octanol–water partition coefficient (Wildman–Crippen LogP) is 5.46. The summed E-state index contributed by atoms with van der Waals surface area (Å²) >= 11 is 7.91. The Bertz CT molecular complexity index is 1060. The van der Waals surface area contributed by atoms with E-state index < -0.39 is 0 Å². The lowest BCUT2D eigenvalue weighted by atomic mass is 9.98. The number of urea groups is 1. The minimum atomic E-state index is -0.294. The minimum absolute atomic E-state index is 0.157. The molecule has 1 aromatic carbocycles. The largest absolute Gasteiger partial charge is 0.495 e. The second-order valence-electron chi connectivity index (χ2n) is 7.60. The summed E-state index contributed by atoms with van der Waals surface area (Å²) in [6.45, 7) is 7.28. The van der Waals surface area contributed by atoms with E-state index in [0.29, 0.717) is 16.5 Å². The number of amides is 2. The maximum absolute atomic E-state index is 12.8. The lowest BCUT2D eigenvalue weighted by Gasteiger charge is -2.26. The van der Waals surface area contributed by atoms with E-state index in [1.54, 1.807) is 25.3 Å². The first-order valence-electron chi connectivity index (χ1n) is 10.4. The molecule has 31 heavy (non-hydrogen) atoms. The quantitative estimate of drug-likeness (QED) is 0.515. The topological polar surface area (TPSA) is 58.5 Å². The fourth-order valence-corrected chi connectivity index (χ4v) is 5.67. The maximum Gasteiger partial charge on any atom is 0.319 e. The molecule has 0 bridgehead atoms. The summed E-state index contributed by atoms with van der Waals surface area (Å²) < 4.78 is 7.48. The summed E-state index contributed by atoms with van der Waals surface area (Å²) in [5.41, 5.74) is 3.10. The number of ether oxygens (including phenoxy) is 1. The smallest absolute Gasteiger partial charge is 0.319 e. The number of hydrogen-bond acceptors (Lipinski definition) is 4. The van der Waals surface area contributed by atoms with Crippen LogP contribution in [0.5, 0.6) is 5.75 Å². The molecule has 1 aliphatic rings. The summed E-state index contributed by atoms with van der Waals surface area (Å²) in [5, 5.41) is 7.69. The molecule has 0 spiro atoms. The van der Waals surface area contributed by atoms with Crippen molar-refractivity contribution in [2.24, 2.45) is 0 Å². The van der Waals surface area contributed by atoms with Gasteiger partial charge in [-0.3, -0.25) is 4.90 Å². The number of rotatable bonds is 6. The van der Waals surface area contributed by atoms with Gasteiger partial charge in [-0.2, -0.15) is 0 Å². The first-order chi connectivity index (χ1) is 15.0. The van der Waals surface area contributed by atoms with Crippen molar-refractivity contribution in [1.82, 2.24) is 14.8 Å². The Morgan fingerprint density at radius 1 is 1.32 bits per heavy atom. The van der Waals surface area contributed by atoms with Crippen molar-refractivity contribution >= 4 is 34.7 Å². The molecule has 0 unspecified atom stereocenters. The Morgan fingerprint density at radius 2 is 2.10 bits per heavy atom. The third kappa shape index (κ3) is 4.59. The summed E-state index contributed by atoms with van der Waals surface area (Å²) in [6, 6.07) is 8.75. The third-order valence-electron chi connectivity index (χ3n) is 5.63. The number of aromatic nitrogens is 1. The molecular weight excluding hydrogens is 432 g/mol. The first kappa shape index (κ1) is 21.7. The maximum atomic E-state index is 12.8. The number of likely N-dealkylation sites (N-methyl/N-ethyl adjacent to an activating group) is 1. The van der Waals surface area contributed by atoms with Gasteiger partial charge in [0.2, 0.25) is 0 Å². The Labute approximate surface area is 191 Å². The van der Waals surface area contributed by atoms with Crippen LogP contribution in [-0.2, 0) is 13.0 Å². The number of hydrogen-bond donors (Lipinski definition) is 2. The van der Waals surface area contributed by atoms with E-state index in [4.69, 9.17) is 16.3 Å². The van der Waals surface area contributed by atoms with Crippen LogP contribution >= 0.6 is 22.9 Å². The Balaban J connectivity index is 1.59. The number of benzene rings is 1. The van der Waals surface area contributed by atoms with Crippen molar-refractivity contribution in [3.63, 3.8) is 0 Å². The summed E-state index contributed by atoms with van der Waals surface area (Å²) in [4.78, 5) is 16.7. The summed E-state index contributed by atoms with van der Waals surface area (Å²) in [7, 11) is 1.57. The van der Waals surface area contributed by atoms with Gasteiger partial charge in [0, 0.05) is 40.9 Å². The molecule has 6 nitrogen and oxygen atoms in total. The molecule has 0 saturated heterocycles. The molecule has 3 heterocycles. The molecule has 2 aromatic heterocycles. The number of nitrogens with one attached hydrogen (secondary N) is 2. The standard InChI is InChI=1S/C23H27ClN4O2S/c1-4-27-12-9-17-20(14-27)31-22(28-10-5-6-11-28)21(17)15(2)25-23(29)26-18-13-16(24)7-8-19(18)30-3/h5-8,10-11,13,15H,4,9,12,14H2,1-3H3,(H2,25,26,29)/t15-/m0/s1. The van der Waals surface area contributed by atoms with E-state index in [2.05, 4.69) is 39.4 Å². The molecule has 0 radical (unpaired) electrons. The Morgan fingerprint density at radius 3 is 2.81 bits per heavy atom. The Hall–Kier alpha value is -2.48. The molecule has 0 aliphatic carbocycles. The minimum Gasteiger partial charge on any atom is -0.495 e. The zero-order chi connectivity index (χ0) is 22.0. The van der Waals surface area contributed by atoms with Gasteiger partial charge < -0.3 is 19.9 Å². The van der Waals surface area contributed by atoms with Crippen LogP contribution in [0.1, 0.15) is 35.9 Å². The van der Waals surface area contributed by atoms with Crippen LogP contribution in [0.3, 0.4) is 0 Å². The van der Waals surface area contributed by atoms with Crippen LogP contribution in [0.15, 0.2) is 42.7 Å². The predicted molar refractivity (Wildman–Crippen MR) is 127 cm³/mol. The fraction of sp³-hybridized carbons (Fsp3) is 0.348. The average Bonchev–Trinajstić information content (AvgIpc) is 3.40. The van der Waals surface area contributed by atoms with E-state index in [9.17, 15) is 4.79 Å². The zero-order valence-corrected chi connectivity index (χ0v) is 19.5. The molecular formula is C23H27ClN4O2S. The van der Waals surface area contributed by atoms with Gasteiger partial charge in [-0.25, -0.2) is 4.79 Å². The van der Waals surface area contributed by atoms with Crippen LogP contribution in [0.25, 0.3) is 5.00 Å². The normalized spacial score (nSPS) is 14.7. The van der Waals surface area contributed by atoms with Crippen molar-refractivity contribution in [2.75, 3.05) is 25.5 Å². The van der Waals surface area contributed by atoms with Crippen molar-refractivity contribution < 1.29 is 9.53 Å². The number of carbonyl (C=O) groups excluding carboxylic acids is 1. The average molecular weight is 459 g/mol. The SMILES string of the molecule is CCN1CCc2c(sc(-n3cccc3)c2[C@H](C)NC(=O)Nc2cc(Cl)ccc2OC)C1. The number of methoxy groups -OCH3 is 1. The molecule has 164 valence electrons. The molecule has 0 fully saturated rings. The number of anilines is 1. The van der Waals surface area contributed by atoms with Gasteiger partial charge >= 0.3 is 6.03 Å². The zero-order valence-electron chi connectivity index (χ0n) is 17.9. The van der Waals surface area contributed by atoms with Gasteiger partial charge in [0.1, 0.15) is 10.8 Å². The highest BCUT2D eigenvalue weighted by molar-refractivity contribution is 7.15. The van der Waals surface area contributed by atoms with Crippen molar-refractivity contribution in [3.8, 4) is 10.8 Å². The number of carbonyl (C=O) groups is 1. The fourth-order valence-electron chi connectivity index (χ4n) is 4.05. The molecule has 1 atom stereocenters. The van der Waals surface area contributed by atoms with E-state index >= 15 is 0 Å². The lowest BCUT2D eigenvalue weighted by Crippen LogP contribution is -2.33. The van der Waals surface area contributed by atoms with E-state index in [1.165, 1.54) is 21.0 Å². The van der Waals surface area contributed by atoms with Gasteiger partial charge in [0.15, 0.2) is 0 Å². The Kier molecular flexibility index (Phi) is 6.55. The summed E-state index contributed by atoms with van der Waals surface area (Å²) in [6.07, 6.45) is 5.11. The van der Waals surface area contributed by atoms with Gasteiger partial charge in [-0.05, 0) is 55.8 Å². The highest BCUT2D eigenvalue weighted by Gasteiger charge is 2.28. The summed E-state index contributed by atoms with van der Waals surface area (Å²) in [5.74, 6) is 0.563. The molecule has 8 heteroatoms. The lowest BCUT2D eigenvalue weighted by molar-refractivity contribution is 0.249. The number of fused-ring (bicyclic) bond motifs is 1. The monoisotopic (exact) mass is 458 g/mol. The second-order valence-corrected chi connectivity index (χ2v) is 9.12. The third-order valence-corrected chi connectivity index (χ3v) is 7.11. The van der Waals surface area contributed by atoms with E-state index in [0.717, 1.165) is 26.1 Å². The molecule has 1 aliphatic heterocycles. The molecule has 2 amide bonds. The van der Waals surface area contributed by atoms with Crippen LogP contribution < -0.4 is 15.4 Å². The second kappa shape index (κ2) is 9.34. The first-order valence-corrected chi connectivity index (χ1v) is 11.6. The van der Waals surface area contributed by atoms with Gasteiger partial charge in [-0.1, -0.05) is 18.5 Å². The van der Waals surface area contributed by atoms with Crippen molar-refractivity contribution in [1.29, 1.82) is 0 Å². The molecule has 4 rings (SSSR count). The van der Waals surface area contributed by atoms with Crippen LogP contribution in [0.2, 0.25) is 5.02 Å². The molecule has 0 saturated carbocycles. The number of thiophene rings is 1. The number of halogens is 1. The van der Waals surface area contributed by atoms with Crippen LogP contribution in [0, 0.1) is 0 Å².